The van der Waals surface area contributed by atoms with Crippen molar-refractivity contribution in [1.82, 2.24) is 10.3 Å². The Morgan fingerprint density at radius 2 is 2.00 bits per heavy atom. The first-order chi connectivity index (χ1) is 11.6. The van der Waals surface area contributed by atoms with E-state index < -0.39 is 5.41 Å². The van der Waals surface area contributed by atoms with Crippen LogP contribution in [-0.4, -0.2) is 30.6 Å². The van der Waals surface area contributed by atoms with Gasteiger partial charge in [-0.1, -0.05) is 30.3 Å². The van der Waals surface area contributed by atoms with Crippen LogP contribution in [0.2, 0.25) is 0 Å². The number of carbonyl (C=O) groups is 1. The Morgan fingerprint density at radius 1 is 1.32 bits per heavy atom. The van der Waals surface area contributed by atoms with Gasteiger partial charge < -0.3 is 20.2 Å². The van der Waals surface area contributed by atoms with Gasteiger partial charge in [-0.15, -0.1) is 12.4 Å². The molecule has 136 valence electrons. The minimum atomic E-state index is -0.554. The molecule has 3 N–H and O–H groups in total. The summed E-state index contributed by atoms with van der Waals surface area (Å²) in [5.41, 5.74) is 6.28. The van der Waals surface area contributed by atoms with Crippen LogP contribution in [0.5, 0.6) is 0 Å². The molecule has 1 atom stereocenters. The Bertz CT molecular complexity index is 684. The molecule has 0 saturated carbocycles. The standard InChI is InChI=1S/C18H23N3O3.ClH/c1-13(21-17(22)18(12-19)7-9-23-10-8-18)16-20-11-15(24-16)14-5-3-2-4-6-14;/h2-6,11,13H,7-10,12,19H2,1H3,(H,21,22);1H. The van der Waals surface area contributed by atoms with Gasteiger partial charge in [-0.05, 0) is 19.8 Å². The smallest absolute Gasteiger partial charge is 0.228 e. The number of benzene rings is 1. The van der Waals surface area contributed by atoms with E-state index in [0.717, 1.165) is 5.56 Å². The van der Waals surface area contributed by atoms with Crippen LogP contribution >= 0.6 is 12.4 Å². The van der Waals surface area contributed by atoms with Gasteiger partial charge in [0.2, 0.25) is 11.8 Å². The van der Waals surface area contributed by atoms with Crippen molar-refractivity contribution in [3.63, 3.8) is 0 Å². The van der Waals surface area contributed by atoms with Gasteiger partial charge >= 0.3 is 0 Å². The third-order valence-corrected chi connectivity index (χ3v) is 4.62. The minimum absolute atomic E-state index is 0. The van der Waals surface area contributed by atoms with Gasteiger partial charge in [0.25, 0.3) is 0 Å². The maximum absolute atomic E-state index is 12.7. The van der Waals surface area contributed by atoms with Crippen LogP contribution in [0.1, 0.15) is 31.7 Å². The minimum Gasteiger partial charge on any atom is -0.438 e. The third kappa shape index (κ3) is 4.21. The molecule has 1 unspecified atom stereocenters. The lowest BCUT2D eigenvalue weighted by molar-refractivity contribution is -0.136. The largest absolute Gasteiger partial charge is 0.438 e. The normalized spacial score (nSPS) is 17.4. The highest BCUT2D eigenvalue weighted by Crippen LogP contribution is 2.31. The van der Waals surface area contributed by atoms with E-state index in [9.17, 15) is 4.79 Å². The number of ether oxygens (including phenoxy) is 1. The fourth-order valence-electron chi connectivity index (χ4n) is 2.92. The van der Waals surface area contributed by atoms with Gasteiger partial charge in [-0.25, -0.2) is 4.98 Å². The fraction of sp³-hybridized carbons (Fsp3) is 0.444. The molecule has 2 aromatic rings. The number of oxazole rings is 1. The highest BCUT2D eigenvalue weighted by molar-refractivity contribution is 5.85. The number of rotatable bonds is 5. The molecule has 0 radical (unpaired) electrons. The molecule has 6 nitrogen and oxygen atoms in total. The molecule has 1 fully saturated rings. The van der Waals surface area contributed by atoms with E-state index in [1.54, 1.807) is 6.20 Å². The zero-order valence-electron chi connectivity index (χ0n) is 14.2. The molecule has 1 saturated heterocycles. The molecule has 1 aromatic carbocycles. The van der Waals surface area contributed by atoms with Crippen LogP contribution in [0.4, 0.5) is 0 Å². The number of hydrogen-bond donors (Lipinski definition) is 2. The highest BCUT2D eigenvalue weighted by Gasteiger charge is 2.39. The summed E-state index contributed by atoms with van der Waals surface area (Å²) in [5, 5.41) is 2.99. The summed E-state index contributed by atoms with van der Waals surface area (Å²) in [6.07, 6.45) is 2.96. The lowest BCUT2D eigenvalue weighted by Gasteiger charge is -2.35. The second kappa shape index (κ2) is 8.47. The first-order valence-corrected chi connectivity index (χ1v) is 8.24. The predicted octanol–water partition coefficient (Wildman–Crippen LogP) is 2.70. The topological polar surface area (TPSA) is 90.4 Å². The van der Waals surface area contributed by atoms with Gasteiger partial charge in [0.05, 0.1) is 11.6 Å². The Labute approximate surface area is 153 Å². The van der Waals surface area contributed by atoms with Gasteiger partial charge in [-0.2, -0.15) is 0 Å². The van der Waals surface area contributed by atoms with Crippen LogP contribution in [-0.2, 0) is 9.53 Å². The molecule has 0 aliphatic carbocycles. The summed E-state index contributed by atoms with van der Waals surface area (Å²) in [5.74, 6) is 1.12. The highest BCUT2D eigenvalue weighted by atomic mass is 35.5. The molecule has 2 heterocycles. The molecule has 1 amide bonds. The summed E-state index contributed by atoms with van der Waals surface area (Å²) in [6.45, 7) is 3.31. The van der Waals surface area contributed by atoms with Gasteiger partial charge in [0, 0.05) is 25.3 Å². The van der Waals surface area contributed by atoms with Crippen molar-refractivity contribution in [3.8, 4) is 11.3 Å². The van der Waals surface area contributed by atoms with Crippen molar-refractivity contribution >= 4 is 18.3 Å². The van der Waals surface area contributed by atoms with Crippen molar-refractivity contribution in [2.75, 3.05) is 19.8 Å². The average Bonchev–Trinajstić information content (AvgIpc) is 3.13. The van der Waals surface area contributed by atoms with Crippen LogP contribution in [0.25, 0.3) is 11.3 Å². The monoisotopic (exact) mass is 365 g/mol. The lowest BCUT2D eigenvalue weighted by atomic mass is 9.79. The fourth-order valence-corrected chi connectivity index (χ4v) is 2.92. The maximum atomic E-state index is 12.7. The molecule has 0 spiro atoms. The lowest BCUT2D eigenvalue weighted by Crippen LogP contribution is -2.49. The van der Waals surface area contributed by atoms with Gasteiger partial charge in [0.1, 0.15) is 6.04 Å². The van der Waals surface area contributed by atoms with Crippen LogP contribution in [0.3, 0.4) is 0 Å². The Kier molecular flexibility index (Phi) is 6.58. The maximum Gasteiger partial charge on any atom is 0.228 e. The second-order valence-electron chi connectivity index (χ2n) is 6.22. The van der Waals surface area contributed by atoms with Crippen LogP contribution < -0.4 is 11.1 Å². The summed E-state index contributed by atoms with van der Waals surface area (Å²) in [6, 6.07) is 9.43. The summed E-state index contributed by atoms with van der Waals surface area (Å²) in [4.78, 5) is 17.0. The number of hydrogen-bond acceptors (Lipinski definition) is 5. The van der Waals surface area contributed by atoms with E-state index in [0.29, 0.717) is 44.3 Å². The molecule has 7 heteroatoms. The van der Waals surface area contributed by atoms with Crippen molar-refractivity contribution in [3.05, 3.63) is 42.4 Å². The molecular formula is C18H24ClN3O3. The first-order valence-electron chi connectivity index (χ1n) is 8.24. The van der Waals surface area contributed by atoms with Crippen molar-refractivity contribution in [2.45, 2.75) is 25.8 Å². The zero-order valence-corrected chi connectivity index (χ0v) is 15.1. The van der Waals surface area contributed by atoms with Gasteiger partial charge in [-0.3, -0.25) is 4.79 Å². The molecule has 25 heavy (non-hydrogen) atoms. The molecule has 1 aliphatic heterocycles. The van der Waals surface area contributed by atoms with E-state index >= 15 is 0 Å². The zero-order chi connectivity index (χ0) is 17.0. The van der Waals surface area contributed by atoms with E-state index in [4.69, 9.17) is 14.9 Å². The van der Waals surface area contributed by atoms with Crippen molar-refractivity contribution in [1.29, 1.82) is 0 Å². The number of aromatic nitrogens is 1. The number of halogens is 1. The summed E-state index contributed by atoms with van der Waals surface area (Å²) >= 11 is 0. The SMILES string of the molecule is CC(NC(=O)C1(CN)CCOCC1)c1ncc(-c2ccccc2)o1.Cl. The summed E-state index contributed by atoms with van der Waals surface area (Å²) < 4.78 is 11.2. The number of nitrogens with one attached hydrogen (secondary N) is 1. The quantitative estimate of drug-likeness (QED) is 0.850. The molecule has 3 rings (SSSR count). The van der Waals surface area contributed by atoms with E-state index in [1.165, 1.54) is 0 Å². The van der Waals surface area contributed by atoms with E-state index in [-0.39, 0.29) is 24.4 Å². The number of nitrogens with two attached hydrogens (primary N) is 1. The van der Waals surface area contributed by atoms with Crippen molar-refractivity contribution in [2.24, 2.45) is 11.1 Å². The number of carbonyl (C=O) groups excluding carboxylic acids is 1. The molecular weight excluding hydrogens is 342 g/mol. The Balaban J connectivity index is 0.00000225. The Hall–Kier alpha value is -1.89. The molecule has 0 bridgehead atoms. The number of nitrogens with zero attached hydrogens (tertiary/aromatic N) is 1. The van der Waals surface area contributed by atoms with Crippen molar-refractivity contribution < 1.29 is 13.9 Å². The third-order valence-electron chi connectivity index (χ3n) is 4.62. The van der Waals surface area contributed by atoms with E-state index in [2.05, 4.69) is 10.3 Å². The summed E-state index contributed by atoms with van der Waals surface area (Å²) in [7, 11) is 0. The van der Waals surface area contributed by atoms with E-state index in [1.807, 2.05) is 37.3 Å². The molecule has 1 aliphatic rings. The first kappa shape index (κ1) is 19.4. The second-order valence-corrected chi connectivity index (χ2v) is 6.22. The Morgan fingerprint density at radius 3 is 2.64 bits per heavy atom. The predicted molar refractivity (Wildman–Crippen MR) is 97.3 cm³/mol. The average molecular weight is 366 g/mol. The van der Waals surface area contributed by atoms with Crippen LogP contribution in [0.15, 0.2) is 40.9 Å². The van der Waals surface area contributed by atoms with Gasteiger partial charge in [0.15, 0.2) is 5.76 Å². The molecule has 1 aromatic heterocycles. The number of amides is 1. The van der Waals surface area contributed by atoms with Crippen LogP contribution in [0, 0.1) is 5.41 Å².